The Bertz CT molecular complexity index is 1300. The highest BCUT2D eigenvalue weighted by molar-refractivity contribution is 8.13. The van der Waals surface area contributed by atoms with Crippen molar-refractivity contribution in [3.63, 3.8) is 0 Å². The van der Waals surface area contributed by atoms with Crippen LogP contribution in [0.2, 0.25) is 0 Å². The van der Waals surface area contributed by atoms with Gasteiger partial charge in [0.05, 0.1) is 25.1 Å². The first-order valence-corrected chi connectivity index (χ1v) is 13.0. The fourth-order valence-corrected chi connectivity index (χ4v) is 4.77. The molecule has 12 heteroatoms. The maximum absolute atomic E-state index is 12.3. The number of nitrogens with zero attached hydrogens (tertiary/aromatic N) is 5. The Kier molecular flexibility index (Phi) is 9.42. The highest BCUT2D eigenvalue weighted by Gasteiger charge is 2.31. The molecular weight excluding hydrogens is 529 g/mol. The van der Waals surface area contributed by atoms with Gasteiger partial charge in [-0.25, -0.2) is 9.98 Å². The lowest BCUT2D eigenvalue weighted by Gasteiger charge is -2.35. The summed E-state index contributed by atoms with van der Waals surface area (Å²) in [6, 6.07) is 12.6. The summed E-state index contributed by atoms with van der Waals surface area (Å²) in [7, 11) is 1.67. The number of benzene rings is 2. The molecule has 0 aromatic heterocycles. The van der Waals surface area contributed by atoms with Gasteiger partial charge in [0.25, 0.3) is 0 Å². The van der Waals surface area contributed by atoms with E-state index in [0.717, 1.165) is 41.6 Å². The van der Waals surface area contributed by atoms with Gasteiger partial charge in [-0.2, -0.15) is 5.10 Å². The molecule has 0 spiro atoms. The van der Waals surface area contributed by atoms with Gasteiger partial charge in [0, 0.05) is 17.9 Å². The van der Waals surface area contributed by atoms with Crippen LogP contribution >= 0.6 is 11.8 Å². The summed E-state index contributed by atoms with van der Waals surface area (Å²) in [5, 5.41) is 9.68. The molecule has 1 heterocycles. The monoisotopic (exact) mass is 556 g/mol. The molecule has 0 bridgehead atoms. The minimum absolute atomic E-state index is 0.194. The second kappa shape index (κ2) is 13.1. The molecule has 39 heavy (non-hydrogen) atoms. The lowest BCUT2D eigenvalue weighted by atomic mass is 10.1. The van der Waals surface area contributed by atoms with E-state index in [9.17, 15) is 13.2 Å². The molecule has 0 radical (unpaired) electrons. The van der Waals surface area contributed by atoms with Crippen molar-refractivity contribution < 1.29 is 22.6 Å². The molecule has 2 N–H and O–H groups in total. The average Bonchev–Trinajstić information content (AvgIpc) is 2.94. The Balaban J connectivity index is 1.35. The molecular formula is C27H27F3N6O2S. The quantitative estimate of drug-likeness (QED) is 0.258. The summed E-state index contributed by atoms with van der Waals surface area (Å²) in [4.78, 5) is 10.4. The first-order valence-electron chi connectivity index (χ1n) is 12.1. The number of aliphatic imine (C=N–C) groups is 2. The van der Waals surface area contributed by atoms with Crippen LogP contribution in [0.3, 0.4) is 0 Å². The zero-order chi connectivity index (χ0) is 27.7. The molecule has 204 valence electrons. The lowest BCUT2D eigenvalue weighted by Crippen LogP contribution is -2.41. The molecule has 2 aromatic carbocycles. The van der Waals surface area contributed by atoms with E-state index in [2.05, 4.69) is 42.0 Å². The molecule has 1 unspecified atom stereocenters. The zero-order valence-electron chi connectivity index (χ0n) is 21.1. The molecule has 4 rings (SSSR count). The number of methoxy groups -OCH3 is 1. The highest BCUT2D eigenvalue weighted by atomic mass is 32.2. The van der Waals surface area contributed by atoms with Crippen molar-refractivity contribution in [1.82, 2.24) is 4.90 Å². The summed E-state index contributed by atoms with van der Waals surface area (Å²) < 4.78 is 46.0. The Labute approximate surface area is 228 Å². The zero-order valence-corrected chi connectivity index (χ0v) is 21.9. The van der Waals surface area contributed by atoms with Crippen LogP contribution in [-0.2, 0) is 4.74 Å². The average molecular weight is 557 g/mol. The van der Waals surface area contributed by atoms with E-state index in [1.807, 2.05) is 18.2 Å². The molecule has 1 aliphatic carbocycles. The van der Waals surface area contributed by atoms with E-state index in [1.165, 1.54) is 30.6 Å². The number of rotatable bonds is 8. The largest absolute Gasteiger partial charge is 0.573 e. The fourth-order valence-electron chi connectivity index (χ4n) is 3.81. The molecule has 1 fully saturated rings. The Hall–Kier alpha value is -4.06. The van der Waals surface area contributed by atoms with E-state index < -0.39 is 6.36 Å². The molecule has 0 amide bonds. The molecule has 2 aromatic rings. The maximum atomic E-state index is 12.3. The number of halogens is 3. The van der Waals surface area contributed by atoms with E-state index in [-0.39, 0.29) is 17.6 Å². The number of alkyl halides is 3. The Morgan fingerprint density at radius 1 is 1.13 bits per heavy atom. The minimum atomic E-state index is -4.74. The second-order valence-electron chi connectivity index (χ2n) is 8.42. The van der Waals surface area contributed by atoms with Crippen LogP contribution in [0.15, 0.2) is 92.7 Å². The number of ether oxygens (including phenoxy) is 2. The molecule has 1 aliphatic heterocycles. The van der Waals surface area contributed by atoms with Gasteiger partial charge in [0.15, 0.2) is 5.17 Å². The molecule has 1 atom stereocenters. The van der Waals surface area contributed by atoms with Crippen molar-refractivity contribution in [3.8, 4) is 5.75 Å². The van der Waals surface area contributed by atoms with E-state index in [0.29, 0.717) is 11.3 Å². The van der Waals surface area contributed by atoms with Crippen molar-refractivity contribution in [3.05, 3.63) is 83.6 Å². The van der Waals surface area contributed by atoms with Crippen molar-refractivity contribution in [2.45, 2.75) is 25.2 Å². The first-order chi connectivity index (χ1) is 18.8. The summed E-state index contributed by atoms with van der Waals surface area (Å²) in [6.45, 7) is 0.918. The third-order valence-electron chi connectivity index (χ3n) is 5.70. The number of hydrogen-bond donors (Lipinski definition) is 1. The van der Waals surface area contributed by atoms with Gasteiger partial charge in [-0.05, 0) is 54.8 Å². The van der Waals surface area contributed by atoms with Crippen LogP contribution in [0.5, 0.6) is 5.75 Å². The van der Waals surface area contributed by atoms with Gasteiger partial charge in [0.1, 0.15) is 23.7 Å². The SMILES string of the molecule is COC1=CC(N2CCCS/C2=N\N=C\c2ccc(C(N)=NC=Nc3ccc(OC(F)(F)F)cc3)cc2)CC=C1. The molecule has 1 saturated heterocycles. The Morgan fingerprint density at radius 3 is 2.62 bits per heavy atom. The number of nitrogens with two attached hydrogens (primary N) is 1. The third kappa shape index (κ3) is 8.47. The van der Waals surface area contributed by atoms with Crippen molar-refractivity contribution in [2.75, 3.05) is 19.4 Å². The van der Waals surface area contributed by atoms with Crippen LogP contribution in [-0.4, -0.2) is 60.3 Å². The maximum Gasteiger partial charge on any atom is 0.573 e. The molecule has 8 nitrogen and oxygen atoms in total. The Morgan fingerprint density at radius 2 is 1.90 bits per heavy atom. The van der Waals surface area contributed by atoms with Gasteiger partial charge >= 0.3 is 6.36 Å². The summed E-state index contributed by atoms with van der Waals surface area (Å²) >= 11 is 1.70. The van der Waals surface area contributed by atoms with Crippen molar-refractivity contribution in [2.24, 2.45) is 25.9 Å². The van der Waals surface area contributed by atoms with Crippen LogP contribution in [0.25, 0.3) is 0 Å². The smallest absolute Gasteiger partial charge is 0.497 e. The van der Waals surface area contributed by atoms with Gasteiger partial charge in [-0.1, -0.05) is 42.1 Å². The predicted octanol–water partition coefficient (Wildman–Crippen LogP) is 5.64. The topological polar surface area (TPSA) is 97.2 Å². The van der Waals surface area contributed by atoms with Gasteiger partial charge < -0.3 is 20.1 Å². The highest BCUT2D eigenvalue weighted by Crippen LogP contribution is 2.26. The van der Waals surface area contributed by atoms with E-state index in [1.54, 1.807) is 37.2 Å². The molecule has 2 aliphatic rings. The lowest BCUT2D eigenvalue weighted by molar-refractivity contribution is -0.274. The van der Waals surface area contributed by atoms with Gasteiger partial charge in [-0.3, -0.25) is 0 Å². The second-order valence-corrected chi connectivity index (χ2v) is 9.49. The first kappa shape index (κ1) is 28.0. The van der Waals surface area contributed by atoms with E-state index >= 15 is 0 Å². The summed E-state index contributed by atoms with van der Waals surface area (Å²) in [5.74, 6) is 1.77. The number of amidine groups is 2. The van der Waals surface area contributed by atoms with Crippen molar-refractivity contribution >= 4 is 41.0 Å². The van der Waals surface area contributed by atoms with Crippen LogP contribution in [0.4, 0.5) is 18.9 Å². The van der Waals surface area contributed by atoms with Crippen LogP contribution in [0, 0.1) is 0 Å². The van der Waals surface area contributed by atoms with Crippen molar-refractivity contribution in [1.29, 1.82) is 0 Å². The number of allylic oxidation sites excluding steroid dienone is 1. The third-order valence-corrected chi connectivity index (χ3v) is 6.77. The number of thioether (sulfide) groups is 1. The number of hydrogen-bond acceptors (Lipinski definition) is 6. The summed E-state index contributed by atoms with van der Waals surface area (Å²) in [5.41, 5.74) is 7.97. The minimum Gasteiger partial charge on any atom is -0.497 e. The predicted molar refractivity (Wildman–Crippen MR) is 150 cm³/mol. The molecule has 0 saturated carbocycles. The van der Waals surface area contributed by atoms with E-state index in [4.69, 9.17) is 10.5 Å². The van der Waals surface area contributed by atoms with Crippen LogP contribution < -0.4 is 10.5 Å². The van der Waals surface area contributed by atoms with Gasteiger partial charge in [0.2, 0.25) is 0 Å². The van der Waals surface area contributed by atoms with Gasteiger partial charge in [-0.15, -0.1) is 18.3 Å². The summed E-state index contributed by atoms with van der Waals surface area (Å²) in [6.07, 6.45) is 6.37. The van der Waals surface area contributed by atoms with Crippen LogP contribution in [0.1, 0.15) is 24.0 Å². The fraction of sp³-hybridized carbons (Fsp3) is 0.259. The standard InChI is InChI=1S/C27H27F3N6O2S/c1-37-24-5-2-4-22(16-24)36-14-3-15-39-26(36)35-34-17-19-6-8-20(9-7-19)25(31)33-18-32-21-10-12-23(13-11-21)38-27(28,29)30/h2,5-13,16-18,22H,3-4,14-15H2,1H3,(H2,31,32,33)/b34-17+,35-26-. The normalized spacial score (nSPS) is 19.6.